The van der Waals surface area contributed by atoms with Crippen LogP contribution in [0.25, 0.3) is 10.8 Å². The molecule has 0 fully saturated rings. The quantitative estimate of drug-likeness (QED) is 0.759. The van der Waals surface area contributed by atoms with E-state index in [1.54, 1.807) is 6.07 Å². The Bertz CT molecular complexity index is 762. The van der Waals surface area contributed by atoms with E-state index in [-0.39, 0.29) is 0 Å². The minimum Gasteiger partial charge on any atom is -0.384 e. The highest BCUT2D eigenvalue weighted by Crippen LogP contribution is 2.26. The van der Waals surface area contributed by atoms with Crippen molar-refractivity contribution < 1.29 is 0 Å². The summed E-state index contributed by atoms with van der Waals surface area (Å²) in [5, 5.41) is 5.71. The van der Waals surface area contributed by atoms with E-state index in [1.165, 1.54) is 5.39 Å². The second kappa shape index (κ2) is 5.79. The predicted octanol–water partition coefficient (Wildman–Crippen LogP) is 3.91. The maximum absolute atomic E-state index is 5.86. The standard InChI is InChI=1S/C17H18N4/c1-2-6-16-20-15(18)11-17(21-16)19-14-10-5-8-12-7-3-4-9-13(12)14/h3-5,7-11H,2,6H2,1H3,(H3,18,19,20,21). The van der Waals surface area contributed by atoms with E-state index in [0.29, 0.717) is 5.82 Å². The van der Waals surface area contributed by atoms with Gasteiger partial charge in [-0.2, -0.15) is 0 Å². The van der Waals surface area contributed by atoms with Crippen LogP contribution < -0.4 is 11.1 Å². The van der Waals surface area contributed by atoms with Crippen LogP contribution in [0.5, 0.6) is 0 Å². The Balaban J connectivity index is 1.98. The van der Waals surface area contributed by atoms with Crippen molar-refractivity contribution in [1.82, 2.24) is 9.97 Å². The lowest BCUT2D eigenvalue weighted by molar-refractivity contribution is 0.839. The molecule has 0 unspecified atom stereocenters. The molecule has 0 amide bonds. The molecule has 0 aliphatic carbocycles. The highest BCUT2D eigenvalue weighted by Gasteiger charge is 2.05. The van der Waals surface area contributed by atoms with Crippen LogP contribution in [-0.4, -0.2) is 9.97 Å². The maximum atomic E-state index is 5.86. The fraction of sp³-hybridized carbons (Fsp3) is 0.176. The van der Waals surface area contributed by atoms with Gasteiger partial charge in [-0.25, -0.2) is 9.97 Å². The molecule has 0 saturated carbocycles. The van der Waals surface area contributed by atoms with Crippen molar-refractivity contribution in [3.05, 3.63) is 54.4 Å². The Labute approximate surface area is 124 Å². The number of fused-ring (bicyclic) bond motifs is 1. The third-order valence-electron chi connectivity index (χ3n) is 3.32. The van der Waals surface area contributed by atoms with Gasteiger partial charge in [-0.15, -0.1) is 0 Å². The Hall–Kier alpha value is -2.62. The van der Waals surface area contributed by atoms with Gasteiger partial charge in [0.25, 0.3) is 0 Å². The van der Waals surface area contributed by atoms with Crippen LogP contribution in [0.4, 0.5) is 17.3 Å². The van der Waals surface area contributed by atoms with Gasteiger partial charge >= 0.3 is 0 Å². The summed E-state index contributed by atoms with van der Waals surface area (Å²) in [6.07, 6.45) is 1.83. The predicted molar refractivity (Wildman–Crippen MR) is 87.7 cm³/mol. The summed E-state index contributed by atoms with van der Waals surface area (Å²) in [7, 11) is 0. The number of nitrogens with one attached hydrogen (secondary N) is 1. The molecule has 0 aliphatic heterocycles. The van der Waals surface area contributed by atoms with Gasteiger partial charge < -0.3 is 11.1 Å². The molecule has 3 aromatic rings. The van der Waals surface area contributed by atoms with Gasteiger partial charge in [0.1, 0.15) is 17.5 Å². The number of aryl methyl sites for hydroxylation is 1. The highest BCUT2D eigenvalue weighted by molar-refractivity contribution is 5.95. The summed E-state index contributed by atoms with van der Waals surface area (Å²) in [5.41, 5.74) is 6.89. The summed E-state index contributed by atoms with van der Waals surface area (Å²) in [6, 6.07) is 16.2. The number of benzene rings is 2. The first kappa shape index (κ1) is 13.4. The molecule has 0 atom stereocenters. The molecule has 0 bridgehead atoms. The Morgan fingerprint density at radius 1 is 1.05 bits per heavy atom. The Morgan fingerprint density at radius 3 is 2.71 bits per heavy atom. The van der Waals surface area contributed by atoms with Gasteiger partial charge in [0.15, 0.2) is 0 Å². The smallest absolute Gasteiger partial charge is 0.136 e. The molecule has 4 nitrogen and oxygen atoms in total. The number of hydrogen-bond donors (Lipinski definition) is 2. The van der Waals surface area contributed by atoms with Crippen molar-refractivity contribution in [3.63, 3.8) is 0 Å². The van der Waals surface area contributed by atoms with Crippen molar-refractivity contribution in [1.29, 1.82) is 0 Å². The monoisotopic (exact) mass is 278 g/mol. The molecule has 1 aromatic heterocycles. The average molecular weight is 278 g/mol. The largest absolute Gasteiger partial charge is 0.384 e. The van der Waals surface area contributed by atoms with Gasteiger partial charge in [-0.1, -0.05) is 43.3 Å². The third-order valence-corrected chi connectivity index (χ3v) is 3.32. The number of nitrogens with two attached hydrogens (primary N) is 1. The molecule has 21 heavy (non-hydrogen) atoms. The number of nitrogen functional groups attached to an aromatic ring is 1. The molecule has 0 saturated heterocycles. The van der Waals surface area contributed by atoms with E-state index in [9.17, 15) is 0 Å². The second-order valence-electron chi connectivity index (χ2n) is 5.00. The van der Waals surface area contributed by atoms with Crippen LogP contribution in [0.2, 0.25) is 0 Å². The van der Waals surface area contributed by atoms with Crippen molar-refractivity contribution in [2.24, 2.45) is 0 Å². The number of rotatable bonds is 4. The Kier molecular flexibility index (Phi) is 3.69. The van der Waals surface area contributed by atoms with Crippen LogP contribution >= 0.6 is 0 Å². The summed E-state index contributed by atoms with van der Waals surface area (Å²) >= 11 is 0. The molecule has 4 heteroatoms. The van der Waals surface area contributed by atoms with Crippen LogP contribution in [-0.2, 0) is 6.42 Å². The van der Waals surface area contributed by atoms with E-state index < -0.39 is 0 Å². The zero-order valence-corrected chi connectivity index (χ0v) is 12.0. The number of aromatic nitrogens is 2. The van der Waals surface area contributed by atoms with Crippen LogP contribution in [0, 0.1) is 0 Å². The molecule has 1 heterocycles. The maximum Gasteiger partial charge on any atom is 0.136 e. The normalized spacial score (nSPS) is 10.7. The molecular formula is C17H18N4. The van der Waals surface area contributed by atoms with Gasteiger partial charge in [0.2, 0.25) is 0 Å². The average Bonchev–Trinajstić information content (AvgIpc) is 2.47. The topological polar surface area (TPSA) is 63.8 Å². The van der Waals surface area contributed by atoms with E-state index in [1.807, 2.05) is 24.3 Å². The fourth-order valence-electron chi connectivity index (χ4n) is 2.39. The van der Waals surface area contributed by atoms with Crippen molar-refractivity contribution in [2.75, 3.05) is 11.1 Å². The lowest BCUT2D eigenvalue weighted by atomic mass is 10.1. The molecular weight excluding hydrogens is 260 g/mol. The number of anilines is 3. The molecule has 106 valence electrons. The second-order valence-corrected chi connectivity index (χ2v) is 5.00. The summed E-state index contributed by atoms with van der Waals surface area (Å²) in [5.74, 6) is 2.01. The van der Waals surface area contributed by atoms with Crippen molar-refractivity contribution in [3.8, 4) is 0 Å². The van der Waals surface area contributed by atoms with E-state index in [2.05, 4.69) is 40.4 Å². The van der Waals surface area contributed by atoms with Gasteiger partial charge in [-0.05, 0) is 17.9 Å². The lowest BCUT2D eigenvalue weighted by Gasteiger charge is -2.10. The van der Waals surface area contributed by atoms with Crippen LogP contribution in [0.1, 0.15) is 19.2 Å². The highest BCUT2D eigenvalue weighted by atomic mass is 15.0. The fourth-order valence-corrected chi connectivity index (χ4v) is 2.39. The third kappa shape index (κ3) is 2.94. The van der Waals surface area contributed by atoms with Crippen molar-refractivity contribution >= 4 is 28.1 Å². The number of nitrogens with zero attached hydrogens (tertiary/aromatic N) is 2. The molecule has 2 aromatic carbocycles. The van der Waals surface area contributed by atoms with E-state index >= 15 is 0 Å². The van der Waals surface area contributed by atoms with E-state index in [4.69, 9.17) is 5.73 Å². The number of hydrogen-bond acceptors (Lipinski definition) is 4. The van der Waals surface area contributed by atoms with Gasteiger partial charge in [0.05, 0.1) is 0 Å². The van der Waals surface area contributed by atoms with Gasteiger partial charge in [-0.3, -0.25) is 0 Å². The molecule has 3 rings (SSSR count). The first-order valence-corrected chi connectivity index (χ1v) is 7.14. The molecule has 3 N–H and O–H groups in total. The lowest BCUT2D eigenvalue weighted by Crippen LogP contribution is -2.03. The zero-order valence-electron chi connectivity index (χ0n) is 12.0. The van der Waals surface area contributed by atoms with E-state index in [0.717, 1.165) is 35.6 Å². The minimum absolute atomic E-state index is 0.496. The SMILES string of the molecule is CCCc1nc(N)cc(Nc2cccc3ccccc23)n1. The first-order valence-electron chi connectivity index (χ1n) is 7.14. The van der Waals surface area contributed by atoms with Crippen LogP contribution in [0.15, 0.2) is 48.5 Å². The zero-order chi connectivity index (χ0) is 14.7. The van der Waals surface area contributed by atoms with Crippen molar-refractivity contribution in [2.45, 2.75) is 19.8 Å². The molecule has 0 radical (unpaired) electrons. The first-order chi connectivity index (χ1) is 10.3. The minimum atomic E-state index is 0.496. The Morgan fingerprint density at radius 2 is 1.86 bits per heavy atom. The van der Waals surface area contributed by atoms with Gasteiger partial charge in [0, 0.05) is 23.6 Å². The summed E-state index contributed by atoms with van der Waals surface area (Å²) in [4.78, 5) is 8.78. The summed E-state index contributed by atoms with van der Waals surface area (Å²) in [6.45, 7) is 2.10. The molecule has 0 spiro atoms. The summed E-state index contributed by atoms with van der Waals surface area (Å²) < 4.78 is 0. The molecule has 0 aliphatic rings. The van der Waals surface area contributed by atoms with Crippen LogP contribution in [0.3, 0.4) is 0 Å².